The van der Waals surface area contributed by atoms with Crippen molar-refractivity contribution in [2.75, 3.05) is 17.1 Å². The molecule has 0 aliphatic rings. The van der Waals surface area contributed by atoms with E-state index in [1.54, 1.807) is 42.5 Å². The first kappa shape index (κ1) is 19.3. The van der Waals surface area contributed by atoms with E-state index in [0.717, 1.165) is 0 Å². The maximum absolute atomic E-state index is 12.9. The van der Waals surface area contributed by atoms with Gasteiger partial charge in [0.1, 0.15) is 10.7 Å². The molecule has 0 saturated carbocycles. The minimum atomic E-state index is -3.94. The second kappa shape index (κ2) is 8.05. The SMILES string of the molecule is COc1ncc(-c2ccnc(NC(C)=O)c2)cc1S(=O)(=O)Nc1ccccc1. The van der Waals surface area contributed by atoms with Crippen LogP contribution in [0, 0.1) is 0 Å². The number of hydrogen-bond acceptors (Lipinski definition) is 6. The van der Waals surface area contributed by atoms with E-state index in [4.69, 9.17) is 4.74 Å². The van der Waals surface area contributed by atoms with Crippen LogP contribution in [0.3, 0.4) is 0 Å². The molecule has 3 rings (SSSR count). The molecule has 0 fully saturated rings. The third-order valence-electron chi connectivity index (χ3n) is 3.72. The van der Waals surface area contributed by atoms with Gasteiger partial charge in [-0.15, -0.1) is 0 Å². The number of aromatic nitrogens is 2. The van der Waals surface area contributed by atoms with E-state index in [9.17, 15) is 13.2 Å². The molecule has 1 amide bonds. The van der Waals surface area contributed by atoms with Gasteiger partial charge in [0.2, 0.25) is 11.8 Å². The van der Waals surface area contributed by atoms with Gasteiger partial charge in [0.25, 0.3) is 10.0 Å². The van der Waals surface area contributed by atoms with E-state index in [0.29, 0.717) is 22.6 Å². The first-order chi connectivity index (χ1) is 13.4. The molecular formula is C19H18N4O4S. The number of rotatable bonds is 6. The predicted molar refractivity (Wildman–Crippen MR) is 106 cm³/mol. The van der Waals surface area contributed by atoms with Crippen molar-refractivity contribution < 1.29 is 17.9 Å². The van der Waals surface area contributed by atoms with Crippen LogP contribution in [-0.2, 0) is 14.8 Å². The van der Waals surface area contributed by atoms with Crippen LogP contribution in [0.25, 0.3) is 11.1 Å². The summed E-state index contributed by atoms with van der Waals surface area (Å²) in [6.07, 6.45) is 3.01. The van der Waals surface area contributed by atoms with Gasteiger partial charge in [-0.05, 0) is 35.9 Å². The summed E-state index contributed by atoms with van der Waals surface area (Å²) in [5.41, 5.74) is 1.60. The third kappa shape index (κ3) is 4.44. The first-order valence-corrected chi connectivity index (χ1v) is 9.73. The molecule has 0 radical (unpaired) electrons. The summed E-state index contributed by atoms with van der Waals surface area (Å²) in [5.74, 6) is 0.0730. The molecule has 0 atom stereocenters. The predicted octanol–water partition coefficient (Wildman–Crippen LogP) is 2.91. The smallest absolute Gasteiger partial charge is 0.267 e. The van der Waals surface area contributed by atoms with Crippen molar-refractivity contribution in [2.24, 2.45) is 0 Å². The summed E-state index contributed by atoms with van der Waals surface area (Å²) in [6, 6.07) is 13.3. The number of anilines is 2. The van der Waals surface area contributed by atoms with Crippen molar-refractivity contribution >= 4 is 27.4 Å². The molecule has 28 heavy (non-hydrogen) atoms. The van der Waals surface area contributed by atoms with Crippen LogP contribution in [0.4, 0.5) is 11.5 Å². The summed E-state index contributed by atoms with van der Waals surface area (Å²) < 4.78 is 33.4. The maximum atomic E-state index is 12.9. The standard InChI is InChI=1S/C19H18N4O4S/c1-13(24)22-18-11-14(8-9-20-18)15-10-17(19(27-2)21-12-15)28(25,26)23-16-6-4-3-5-7-16/h3-12,23H,1-2H3,(H,20,22,24). The third-order valence-corrected chi connectivity index (χ3v) is 5.10. The molecule has 3 aromatic rings. The number of para-hydroxylation sites is 1. The van der Waals surface area contributed by atoms with Crippen molar-refractivity contribution in [3.63, 3.8) is 0 Å². The van der Waals surface area contributed by atoms with Crippen LogP contribution in [0.2, 0.25) is 0 Å². The minimum absolute atomic E-state index is 0.0247. The number of carbonyl (C=O) groups is 1. The fourth-order valence-electron chi connectivity index (χ4n) is 2.51. The molecule has 0 aliphatic carbocycles. The van der Waals surface area contributed by atoms with Gasteiger partial charge in [-0.3, -0.25) is 9.52 Å². The maximum Gasteiger partial charge on any atom is 0.267 e. The van der Waals surface area contributed by atoms with Gasteiger partial charge in [0.15, 0.2) is 0 Å². The summed E-state index contributed by atoms with van der Waals surface area (Å²) in [4.78, 5) is 19.3. The molecule has 0 aliphatic heterocycles. The van der Waals surface area contributed by atoms with Crippen LogP contribution in [0.1, 0.15) is 6.92 Å². The topological polar surface area (TPSA) is 110 Å². The molecule has 2 N–H and O–H groups in total. The lowest BCUT2D eigenvalue weighted by molar-refractivity contribution is -0.114. The molecule has 8 nitrogen and oxygen atoms in total. The Kier molecular flexibility index (Phi) is 5.55. The Morgan fingerprint density at radius 1 is 1.04 bits per heavy atom. The molecule has 0 unspecified atom stereocenters. The number of sulfonamides is 1. The molecule has 0 spiro atoms. The first-order valence-electron chi connectivity index (χ1n) is 8.25. The van der Waals surface area contributed by atoms with Gasteiger partial charge in [0.05, 0.1) is 7.11 Å². The summed E-state index contributed by atoms with van der Waals surface area (Å²) in [5, 5.41) is 2.59. The lowest BCUT2D eigenvalue weighted by Crippen LogP contribution is -2.14. The number of pyridine rings is 2. The monoisotopic (exact) mass is 398 g/mol. The van der Waals surface area contributed by atoms with Gasteiger partial charge < -0.3 is 10.1 Å². The summed E-state index contributed by atoms with van der Waals surface area (Å²) in [7, 11) is -2.59. The molecular weight excluding hydrogens is 380 g/mol. The highest BCUT2D eigenvalue weighted by Gasteiger charge is 2.22. The van der Waals surface area contributed by atoms with E-state index < -0.39 is 10.0 Å². The van der Waals surface area contributed by atoms with E-state index in [1.807, 2.05) is 0 Å². The molecule has 144 valence electrons. The molecule has 2 heterocycles. The van der Waals surface area contributed by atoms with Crippen molar-refractivity contribution in [2.45, 2.75) is 11.8 Å². The van der Waals surface area contributed by atoms with Crippen molar-refractivity contribution in [1.82, 2.24) is 9.97 Å². The molecule has 9 heteroatoms. The Balaban J connectivity index is 2.02. The van der Waals surface area contributed by atoms with Gasteiger partial charge in [-0.1, -0.05) is 18.2 Å². The summed E-state index contributed by atoms with van der Waals surface area (Å²) >= 11 is 0. The van der Waals surface area contributed by atoms with Crippen LogP contribution in [0.15, 0.2) is 65.8 Å². The van der Waals surface area contributed by atoms with Gasteiger partial charge in [-0.2, -0.15) is 0 Å². The van der Waals surface area contributed by atoms with E-state index in [-0.39, 0.29) is 16.7 Å². The molecule has 0 bridgehead atoms. The van der Waals surface area contributed by atoms with E-state index >= 15 is 0 Å². The lowest BCUT2D eigenvalue weighted by atomic mass is 10.1. The number of nitrogens with zero attached hydrogens (tertiary/aromatic N) is 2. The number of carbonyl (C=O) groups excluding carboxylic acids is 1. The average molecular weight is 398 g/mol. The molecule has 0 saturated heterocycles. The highest BCUT2D eigenvalue weighted by molar-refractivity contribution is 7.92. The van der Waals surface area contributed by atoms with Gasteiger partial charge in [-0.25, -0.2) is 18.4 Å². The largest absolute Gasteiger partial charge is 0.480 e. The Morgan fingerprint density at radius 2 is 1.79 bits per heavy atom. The minimum Gasteiger partial charge on any atom is -0.480 e. The number of benzene rings is 1. The normalized spacial score (nSPS) is 10.9. The quantitative estimate of drug-likeness (QED) is 0.661. The van der Waals surface area contributed by atoms with Crippen LogP contribution < -0.4 is 14.8 Å². The number of amides is 1. The number of methoxy groups -OCH3 is 1. The molecule has 1 aromatic carbocycles. The second-order valence-corrected chi connectivity index (χ2v) is 7.46. The average Bonchev–Trinajstić information content (AvgIpc) is 2.67. The van der Waals surface area contributed by atoms with Crippen molar-refractivity contribution in [3.05, 3.63) is 60.9 Å². The van der Waals surface area contributed by atoms with Gasteiger partial charge in [0, 0.05) is 30.6 Å². The van der Waals surface area contributed by atoms with Crippen LogP contribution >= 0.6 is 0 Å². The van der Waals surface area contributed by atoms with Gasteiger partial charge >= 0.3 is 0 Å². The Labute approximate surface area is 162 Å². The zero-order valence-electron chi connectivity index (χ0n) is 15.2. The van der Waals surface area contributed by atoms with Crippen LogP contribution in [0.5, 0.6) is 5.88 Å². The zero-order chi connectivity index (χ0) is 20.1. The fourth-order valence-corrected chi connectivity index (χ4v) is 3.72. The molecule has 2 aromatic heterocycles. The second-order valence-electron chi connectivity index (χ2n) is 5.81. The van der Waals surface area contributed by atoms with E-state index in [2.05, 4.69) is 20.0 Å². The van der Waals surface area contributed by atoms with Crippen molar-refractivity contribution in [3.8, 4) is 17.0 Å². The lowest BCUT2D eigenvalue weighted by Gasteiger charge is -2.13. The Bertz CT molecular complexity index is 1100. The zero-order valence-corrected chi connectivity index (χ0v) is 16.0. The number of ether oxygens (including phenoxy) is 1. The summed E-state index contributed by atoms with van der Waals surface area (Å²) in [6.45, 7) is 1.38. The Morgan fingerprint density at radius 3 is 2.46 bits per heavy atom. The fraction of sp³-hybridized carbons (Fsp3) is 0.105. The highest BCUT2D eigenvalue weighted by Crippen LogP contribution is 2.29. The van der Waals surface area contributed by atoms with Crippen LogP contribution in [-0.4, -0.2) is 31.4 Å². The number of hydrogen-bond donors (Lipinski definition) is 2. The Hall–Kier alpha value is -3.46. The highest BCUT2D eigenvalue weighted by atomic mass is 32.2. The van der Waals surface area contributed by atoms with Crippen molar-refractivity contribution in [1.29, 1.82) is 0 Å². The van der Waals surface area contributed by atoms with E-state index in [1.165, 1.54) is 32.5 Å². The number of nitrogens with one attached hydrogen (secondary N) is 2.